The van der Waals surface area contributed by atoms with Gasteiger partial charge in [0.05, 0.1) is 17.9 Å². The van der Waals surface area contributed by atoms with Gasteiger partial charge in [-0.25, -0.2) is 4.98 Å². The number of rotatable bonds is 4. The molecule has 1 aromatic carbocycles. The van der Waals surface area contributed by atoms with E-state index in [1.807, 2.05) is 0 Å². The number of hydrogen-bond donors (Lipinski definition) is 3. The molecule has 2 aromatic rings. The largest absolute Gasteiger partial charge is 0.566 e. The quantitative estimate of drug-likeness (QED) is 0.630. The minimum absolute atomic E-state index is 0.124. The molecule has 158 valence electrons. The molecule has 1 fully saturated rings. The van der Waals surface area contributed by atoms with Gasteiger partial charge in [-0.2, -0.15) is 4.72 Å². The van der Waals surface area contributed by atoms with Gasteiger partial charge in [0.1, 0.15) is 5.75 Å². The molecule has 1 aromatic heterocycles. The Morgan fingerprint density at radius 2 is 2.30 bits per heavy atom. The highest BCUT2D eigenvalue weighted by molar-refractivity contribution is 7.91. The Kier molecular flexibility index (Phi) is 5.69. The molecule has 0 spiro atoms. The molecule has 1 unspecified atom stereocenters. The van der Waals surface area contributed by atoms with Crippen LogP contribution in [0.1, 0.15) is 34.5 Å². The van der Waals surface area contributed by atoms with E-state index in [2.05, 4.69) is 14.1 Å². The van der Waals surface area contributed by atoms with Crippen LogP contribution < -0.4 is 15.2 Å². The van der Waals surface area contributed by atoms with Gasteiger partial charge in [0, 0.05) is 36.3 Å². The zero-order valence-corrected chi connectivity index (χ0v) is 17.3. The Balaban J connectivity index is 1.43. The van der Waals surface area contributed by atoms with Crippen molar-refractivity contribution in [2.75, 3.05) is 24.4 Å². The van der Waals surface area contributed by atoms with Crippen LogP contribution >= 0.6 is 0 Å². The molecule has 2 atom stereocenters. The van der Waals surface area contributed by atoms with Crippen LogP contribution in [0, 0.1) is 12.8 Å². The lowest BCUT2D eigenvalue weighted by molar-refractivity contribution is 0.0632. The number of benzene rings is 1. The lowest BCUT2D eigenvalue weighted by atomic mass is 9.98. The number of carbonyl (C=O) groups excluding carboxylic acids is 1. The Morgan fingerprint density at radius 3 is 3.10 bits per heavy atom. The standard InChI is InChI=1S/C20H23N5O4S/c1-12-8-14(9-17(26)22-12)20(27)25-7-3-4-13(10-25)11-29-16-6-2-5-15-18(16)19(21)24-30(28)23-15/h2,5-6,8-9,13,23H,3-4,7,10-11H2,1H3,(H2,21,24)(H,22,26)/t13-,30?/m0/s1. The number of anilines is 1. The van der Waals surface area contributed by atoms with Crippen LogP contribution in [0.5, 0.6) is 11.6 Å². The molecule has 9 nitrogen and oxygen atoms in total. The highest BCUT2D eigenvalue weighted by Crippen LogP contribution is 2.31. The smallest absolute Gasteiger partial charge is 0.254 e. The first-order valence-electron chi connectivity index (χ1n) is 9.66. The number of aryl methyl sites for hydroxylation is 1. The summed E-state index contributed by atoms with van der Waals surface area (Å²) >= 11 is -1.59. The number of amides is 1. The van der Waals surface area contributed by atoms with Gasteiger partial charge in [0.2, 0.25) is 17.4 Å². The zero-order chi connectivity index (χ0) is 21.3. The van der Waals surface area contributed by atoms with Crippen LogP contribution in [0.2, 0.25) is 0 Å². The third-order valence-electron chi connectivity index (χ3n) is 5.13. The van der Waals surface area contributed by atoms with Crippen molar-refractivity contribution in [3.8, 4) is 11.6 Å². The first-order chi connectivity index (χ1) is 14.4. The summed E-state index contributed by atoms with van der Waals surface area (Å²) in [5, 5.41) is 9.69. The number of nitrogens with one attached hydrogen (secondary N) is 1. The number of fused-ring (bicyclic) bond motifs is 1. The van der Waals surface area contributed by atoms with Crippen LogP contribution in [0.3, 0.4) is 0 Å². The Bertz CT molecular complexity index is 979. The number of carbonyl (C=O) groups is 1. The van der Waals surface area contributed by atoms with Gasteiger partial charge in [-0.3, -0.25) is 4.79 Å². The minimum atomic E-state index is -1.59. The van der Waals surface area contributed by atoms with E-state index in [1.54, 1.807) is 36.1 Å². The van der Waals surface area contributed by atoms with Gasteiger partial charge >= 0.3 is 0 Å². The number of likely N-dealkylation sites (tertiary alicyclic amines) is 1. The maximum Gasteiger partial charge on any atom is 0.254 e. The number of aromatic hydroxyl groups is 1. The van der Waals surface area contributed by atoms with Gasteiger partial charge in [-0.1, -0.05) is 6.07 Å². The van der Waals surface area contributed by atoms with Gasteiger partial charge < -0.3 is 25.0 Å². The first kappa shape index (κ1) is 20.3. The molecular weight excluding hydrogens is 406 g/mol. The van der Waals surface area contributed by atoms with Crippen LogP contribution in [-0.4, -0.2) is 51.0 Å². The Morgan fingerprint density at radius 1 is 1.47 bits per heavy atom. The minimum Gasteiger partial charge on any atom is -0.566 e. The van der Waals surface area contributed by atoms with Gasteiger partial charge in [0.25, 0.3) is 5.91 Å². The van der Waals surface area contributed by atoms with E-state index in [9.17, 15) is 14.5 Å². The van der Waals surface area contributed by atoms with Gasteiger partial charge in [-0.15, -0.1) is 0 Å². The molecule has 30 heavy (non-hydrogen) atoms. The van der Waals surface area contributed by atoms with Crippen molar-refractivity contribution in [3.63, 3.8) is 0 Å². The molecule has 2 aliphatic heterocycles. The molecule has 0 bridgehead atoms. The molecular formula is C20H23N5O4S. The third-order valence-corrected chi connectivity index (χ3v) is 5.89. The van der Waals surface area contributed by atoms with Crippen molar-refractivity contribution in [2.45, 2.75) is 19.8 Å². The first-order valence-corrected chi connectivity index (χ1v) is 10.8. The predicted octanol–water partition coefficient (Wildman–Crippen LogP) is 1.74. The molecule has 0 aliphatic carbocycles. The van der Waals surface area contributed by atoms with Crippen LogP contribution in [0.4, 0.5) is 5.69 Å². The fourth-order valence-electron chi connectivity index (χ4n) is 3.80. The Hall–Kier alpha value is -2.98. The molecule has 2 aliphatic rings. The van der Waals surface area contributed by atoms with E-state index in [1.165, 1.54) is 6.07 Å². The maximum absolute atomic E-state index is 12.9. The summed E-state index contributed by atoms with van der Waals surface area (Å²) in [6, 6.07) is 8.44. The van der Waals surface area contributed by atoms with Gasteiger partial charge in [-0.05, 0) is 42.4 Å². The summed E-state index contributed by atoms with van der Waals surface area (Å²) in [5.74, 6) is 0.611. The summed E-state index contributed by atoms with van der Waals surface area (Å²) in [5.41, 5.74) is 8.20. The number of nitrogens with zero attached hydrogens (tertiary/aromatic N) is 3. The molecule has 3 heterocycles. The van der Waals surface area contributed by atoms with Crippen LogP contribution in [-0.2, 0) is 11.5 Å². The van der Waals surface area contributed by atoms with Crippen molar-refractivity contribution < 1.29 is 19.2 Å². The van der Waals surface area contributed by atoms with Crippen molar-refractivity contribution in [1.29, 1.82) is 0 Å². The molecule has 4 N–H and O–H groups in total. The fraction of sp³-hybridized carbons (Fsp3) is 0.350. The summed E-state index contributed by atoms with van der Waals surface area (Å²) in [6.45, 7) is 3.37. The summed E-state index contributed by atoms with van der Waals surface area (Å²) < 4.78 is 24.3. The third kappa shape index (κ3) is 4.29. The average molecular weight is 430 g/mol. The van der Waals surface area contributed by atoms with E-state index >= 15 is 0 Å². The number of ether oxygens (including phenoxy) is 1. The van der Waals surface area contributed by atoms with Crippen molar-refractivity contribution in [2.24, 2.45) is 16.0 Å². The second-order valence-corrected chi connectivity index (χ2v) is 8.32. The van der Waals surface area contributed by atoms with E-state index in [-0.39, 0.29) is 23.5 Å². The van der Waals surface area contributed by atoms with E-state index in [0.717, 1.165) is 12.8 Å². The number of aromatic nitrogens is 1. The number of nitrogens with two attached hydrogens (primary N) is 1. The van der Waals surface area contributed by atoms with Crippen molar-refractivity contribution in [1.82, 2.24) is 9.88 Å². The topological polar surface area (TPSA) is 136 Å². The lowest BCUT2D eigenvalue weighted by Crippen LogP contribution is -2.41. The monoisotopic (exact) mass is 429 g/mol. The van der Waals surface area contributed by atoms with Crippen LogP contribution in [0.15, 0.2) is 34.7 Å². The second-order valence-electron chi connectivity index (χ2n) is 7.43. The molecule has 0 saturated carbocycles. The molecule has 10 heteroatoms. The summed E-state index contributed by atoms with van der Waals surface area (Å²) in [7, 11) is 0. The normalized spacial score (nSPS) is 20.7. The molecule has 1 amide bonds. The highest BCUT2D eigenvalue weighted by atomic mass is 32.2. The molecule has 0 radical (unpaired) electrons. The van der Waals surface area contributed by atoms with Crippen LogP contribution in [0.25, 0.3) is 0 Å². The maximum atomic E-state index is 12.9. The molecule has 1 saturated heterocycles. The SMILES string of the molecule is Cc1cc(C(=O)N2CCC[C@H](COc3cccc4c3C(N)=N[S+]([O-])N4)C2)cc(O)n1. The number of amidine groups is 1. The van der Waals surface area contributed by atoms with E-state index < -0.39 is 11.5 Å². The van der Waals surface area contributed by atoms with Crippen molar-refractivity contribution in [3.05, 3.63) is 47.2 Å². The number of pyridine rings is 1. The van der Waals surface area contributed by atoms with E-state index in [4.69, 9.17) is 10.5 Å². The predicted molar refractivity (Wildman–Crippen MR) is 114 cm³/mol. The highest BCUT2D eigenvalue weighted by Gasteiger charge is 2.28. The molecule has 4 rings (SSSR count). The Labute approximate surface area is 177 Å². The second kappa shape index (κ2) is 8.41. The average Bonchev–Trinajstić information content (AvgIpc) is 2.70. The van der Waals surface area contributed by atoms with Crippen molar-refractivity contribution >= 4 is 29.0 Å². The van der Waals surface area contributed by atoms with Gasteiger partial charge in [0.15, 0.2) is 5.84 Å². The zero-order valence-electron chi connectivity index (χ0n) is 16.5. The summed E-state index contributed by atoms with van der Waals surface area (Å²) in [4.78, 5) is 18.6. The number of hydrogen-bond acceptors (Lipinski definition) is 8. The lowest BCUT2D eigenvalue weighted by Gasteiger charge is -2.33. The fourth-order valence-corrected chi connectivity index (χ4v) is 4.48. The number of piperidine rings is 1. The van der Waals surface area contributed by atoms with E-state index in [0.29, 0.717) is 48.0 Å². The summed E-state index contributed by atoms with van der Waals surface area (Å²) in [6.07, 6.45) is 1.80.